The van der Waals surface area contributed by atoms with Crippen molar-refractivity contribution in [2.75, 3.05) is 57.8 Å². The number of anilines is 1. The third kappa shape index (κ3) is 5.23. The van der Waals surface area contributed by atoms with Crippen LogP contribution >= 0.6 is 15.9 Å². The van der Waals surface area contributed by atoms with E-state index in [9.17, 15) is 9.59 Å². The maximum absolute atomic E-state index is 13.0. The molecule has 0 radical (unpaired) electrons. The zero-order valence-electron chi connectivity index (χ0n) is 20.3. The molecule has 0 atom stereocenters. The zero-order chi connectivity index (χ0) is 25.1. The summed E-state index contributed by atoms with van der Waals surface area (Å²) in [5, 5.41) is 7.93. The van der Waals surface area contributed by atoms with E-state index in [4.69, 9.17) is 9.57 Å². The molecule has 2 aliphatic heterocycles. The summed E-state index contributed by atoms with van der Waals surface area (Å²) in [5.74, 6) is -0.0944. The van der Waals surface area contributed by atoms with Gasteiger partial charge in [0.05, 0.1) is 24.4 Å². The van der Waals surface area contributed by atoms with E-state index in [0.29, 0.717) is 43.2 Å². The van der Waals surface area contributed by atoms with Crippen molar-refractivity contribution < 1.29 is 19.2 Å². The number of fused-ring (bicyclic) bond motifs is 2. The van der Waals surface area contributed by atoms with Crippen LogP contribution in [0.5, 0.6) is 0 Å². The molecule has 5 rings (SSSR count). The minimum Gasteiger partial charge on any atom is -0.465 e. The summed E-state index contributed by atoms with van der Waals surface area (Å²) in [6.45, 7) is 7.10. The maximum Gasteiger partial charge on any atom is 0.320 e. The number of nitrogens with zero attached hydrogens (tertiary/aromatic N) is 3. The lowest BCUT2D eigenvalue weighted by molar-refractivity contribution is -0.144. The molecule has 0 spiro atoms. The first-order chi connectivity index (χ1) is 17.5. The van der Waals surface area contributed by atoms with Crippen LogP contribution < -0.4 is 5.32 Å². The van der Waals surface area contributed by atoms with Gasteiger partial charge in [-0.15, -0.1) is 0 Å². The standard InChI is InChI=1S/C27H29BrN4O4/c1-2-35-24(34)17-32-11-9-31(10-12-32)13-14-36-30-26-20-5-3-4-6-22(20)29-27(26)25-21-16-19(28)8-7-18(21)15-23(25)33/h3-8,16,29H,2,9-15,17H2,1H3/b27-25-,30-26+. The molecule has 0 unspecified atom stereocenters. The van der Waals surface area contributed by atoms with Gasteiger partial charge >= 0.3 is 5.97 Å². The highest BCUT2D eigenvalue weighted by Crippen LogP contribution is 2.39. The van der Waals surface area contributed by atoms with Crippen molar-refractivity contribution in [3.8, 4) is 0 Å². The Morgan fingerprint density at radius 3 is 2.67 bits per heavy atom. The van der Waals surface area contributed by atoms with Gasteiger partial charge in [0.15, 0.2) is 5.78 Å². The van der Waals surface area contributed by atoms with Crippen molar-refractivity contribution in [2.45, 2.75) is 13.3 Å². The second-order valence-electron chi connectivity index (χ2n) is 9.02. The van der Waals surface area contributed by atoms with Crippen molar-refractivity contribution in [2.24, 2.45) is 5.16 Å². The third-order valence-electron chi connectivity index (χ3n) is 6.68. The van der Waals surface area contributed by atoms with Gasteiger partial charge in [-0.2, -0.15) is 0 Å². The van der Waals surface area contributed by atoms with Crippen LogP contribution in [0.1, 0.15) is 23.6 Å². The van der Waals surface area contributed by atoms with Gasteiger partial charge in [-0.1, -0.05) is 45.4 Å². The minimum absolute atomic E-state index is 0.0757. The van der Waals surface area contributed by atoms with Gasteiger partial charge in [0.25, 0.3) is 0 Å². The van der Waals surface area contributed by atoms with Gasteiger partial charge < -0.3 is 14.9 Å². The molecule has 2 heterocycles. The largest absolute Gasteiger partial charge is 0.465 e. The van der Waals surface area contributed by atoms with Gasteiger partial charge in [0, 0.05) is 54.9 Å². The fourth-order valence-electron chi connectivity index (χ4n) is 4.86. The fraction of sp³-hybridized carbons (Fsp3) is 0.370. The minimum atomic E-state index is -0.170. The van der Waals surface area contributed by atoms with E-state index in [-0.39, 0.29) is 11.8 Å². The third-order valence-corrected chi connectivity index (χ3v) is 7.17. The second-order valence-corrected chi connectivity index (χ2v) is 9.93. The number of halogens is 1. The molecule has 8 nitrogen and oxygen atoms in total. The summed E-state index contributed by atoms with van der Waals surface area (Å²) in [6, 6.07) is 13.8. The summed E-state index contributed by atoms with van der Waals surface area (Å²) >= 11 is 3.54. The van der Waals surface area contributed by atoms with E-state index in [1.54, 1.807) is 0 Å². The van der Waals surface area contributed by atoms with Crippen molar-refractivity contribution >= 4 is 44.7 Å². The average molecular weight is 553 g/mol. The molecule has 2 aromatic rings. The molecule has 2 aromatic carbocycles. The topological polar surface area (TPSA) is 83.5 Å². The summed E-state index contributed by atoms with van der Waals surface area (Å²) in [4.78, 5) is 35.0. The zero-order valence-corrected chi connectivity index (χ0v) is 21.8. The van der Waals surface area contributed by atoms with E-state index in [0.717, 1.165) is 59.6 Å². The predicted molar refractivity (Wildman–Crippen MR) is 142 cm³/mol. The quantitative estimate of drug-likeness (QED) is 0.244. The molecular weight excluding hydrogens is 524 g/mol. The number of oxime groups is 1. The molecule has 1 saturated heterocycles. The summed E-state index contributed by atoms with van der Waals surface area (Å²) in [6.07, 6.45) is 0.385. The van der Waals surface area contributed by atoms with Crippen LogP contribution in [0.2, 0.25) is 0 Å². The van der Waals surface area contributed by atoms with Crippen molar-refractivity contribution in [3.63, 3.8) is 0 Å². The number of esters is 1. The van der Waals surface area contributed by atoms with Crippen LogP contribution in [0, 0.1) is 0 Å². The Morgan fingerprint density at radius 1 is 1.08 bits per heavy atom. The Bertz CT molecular complexity index is 1230. The lowest BCUT2D eigenvalue weighted by atomic mass is 10.0. The first-order valence-corrected chi connectivity index (χ1v) is 13.1. The van der Waals surface area contributed by atoms with E-state index < -0.39 is 0 Å². The normalized spacial score (nSPS) is 20.8. The van der Waals surface area contributed by atoms with Crippen molar-refractivity contribution in [3.05, 3.63) is 69.3 Å². The monoisotopic (exact) mass is 552 g/mol. The van der Waals surface area contributed by atoms with E-state index in [1.165, 1.54) is 0 Å². The Hall–Kier alpha value is -3.01. The summed E-state index contributed by atoms with van der Waals surface area (Å²) < 4.78 is 5.97. The number of rotatable bonds is 7. The predicted octanol–water partition coefficient (Wildman–Crippen LogP) is 3.31. The molecule has 1 fully saturated rings. The number of para-hydroxylation sites is 1. The maximum atomic E-state index is 13.0. The van der Waals surface area contributed by atoms with Gasteiger partial charge in [-0.05, 0) is 36.2 Å². The Kier molecular flexibility index (Phi) is 7.50. The lowest BCUT2D eigenvalue weighted by Gasteiger charge is -2.33. The Labute approximate surface area is 219 Å². The van der Waals surface area contributed by atoms with Gasteiger partial charge in [-0.25, -0.2) is 0 Å². The molecule has 36 heavy (non-hydrogen) atoms. The second kappa shape index (κ2) is 10.9. The molecule has 9 heteroatoms. The van der Waals surface area contributed by atoms with Gasteiger partial charge in [-0.3, -0.25) is 19.4 Å². The van der Waals surface area contributed by atoms with Crippen molar-refractivity contribution in [1.29, 1.82) is 0 Å². The molecule has 1 N–H and O–H groups in total. The number of allylic oxidation sites excluding steroid dienone is 2. The molecule has 0 amide bonds. The smallest absolute Gasteiger partial charge is 0.320 e. The van der Waals surface area contributed by atoms with E-state index in [1.807, 2.05) is 49.4 Å². The fourth-order valence-corrected chi connectivity index (χ4v) is 5.23. The summed E-state index contributed by atoms with van der Waals surface area (Å²) in [5.41, 5.74) is 5.79. The first-order valence-electron chi connectivity index (χ1n) is 12.3. The number of ketones is 1. The number of hydrogen-bond donors (Lipinski definition) is 1. The first kappa shape index (κ1) is 24.7. The van der Waals surface area contributed by atoms with Gasteiger partial charge in [0.1, 0.15) is 12.3 Å². The van der Waals surface area contributed by atoms with Crippen LogP contribution in [0.3, 0.4) is 0 Å². The number of hydrogen-bond acceptors (Lipinski definition) is 8. The molecule has 188 valence electrons. The number of carbonyl (C=O) groups excluding carboxylic acids is 2. The number of piperazine rings is 1. The highest BCUT2D eigenvalue weighted by Gasteiger charge is 2.34. The number of benzene rings is 2. The average Bonchev–Trinajstić information content (AvgIpc) is 3.38. The molecular formula is C27H29BrN4O4. The molecule has 1 aliphatic carbocycles. The molecule has 3 aliphatic rings. The number of nitrogens with one attached hydrogen (secondary N) is 1. The SMILES string of the molecule is CCOC(=O)CN1CCN(CCO/N=C2/C(=C3/C(=O)Cc4ccc(Br)cc43)Nc3ccccc32)CC1. The van der Waals surface area contributed by atoms with Crippen LogP contribution in [-0.4, -0.2) is 79.7 Å². The number of carbonyl (C=O) groups is 2. The van der Waals surface area contributed by atoms with Crippen LogP contribution in [0.25, 0.3) is 5.57 Å². The van der Waals surface area contributed by atoms with Crippen LogP contribution in [0.4, 0.5) is 5.69 Å². The Balaban J connectivity index is 1.27. The van der Waals surface area contributed by atoms with E-state index >= 15 is 0 Å². The molecule has 0 bridgehead atoms. The van der Waals surface area contributed by atoms with Crippen LogP contribution in [0.15, 0.2) is 57.8 Å². The molecule has 0 aromatic heterocycles. The number of ether oxygens (including phenoxy) is 1. The lowest BCUT2D eigenvalue weighted by Crippen LogP contribution is -2.48. The highest BCUT2D eigenvalue weighted by molar-refractivity contribution is 9.10. The van der Waals surface area contributed by atoms with E-state index in [2.05, 4.69) is 36.2 Å². The number of Topliss-reactive ketones (excluding diaryl/α,β-unsaturated/α-hetero) is 1. The Morgan fingerprint density at radius 2 is 1.86 bits per heavy atom. The van der Waals surface area contributed by atoms with Crippen LogP contribution in [-0.2, 0) is 25.6 Å². The highest BCUT2D eigenvalue weighted by atomic mass is 79.9. The summed E-state index contributed by atoms with van der Waals surface area (Å²) in [7, 11) is 0. The molecule has 0 saturated carbocycles. The van der Waals surface area contributed by atoms with Gasteiger partial charge in [0.2, 0.25) is 0 Å². The van der Waals surface area contributed by atoms with Crippen molar-refractivity contribution in [1.82, 2.24) is 9.80 Å².